The van der Waals surface area contributed by atoms with Gasteiger partial charge in [-0.1, -0.05) is 121 Å². The molecule has 0 atom stereocenters. The predicted molar refractivity (Wildman–Crippen MR) is 159 cm³/mol. The van der Waals surface area contributed by atoms with E-state index in [4.69, 9.17) is 9.47 Å². The van der Waals surface area contributed by atoms with E-state index in [2.05, 4.69) is 10.2 Å². The van der Waals surface area contributed by atoms with Crippen molar-refractivity contribution in [3.05, 3.63) is 167 Å². The first-order valence-electron chi connectivity index (χ1n) is 13.0. The van der Waals surface area contributed by atoms with Crippen molar-refractivity contribution in [3.63, 3.8) is 0 Å². The number of rotatable bonds is 11. The number of ether oxygens (including phenoxy) is 2. The van der Waals surface area contributed by atoms with Gasteiger partial charge in [-0.05, 0) is 34.9 Å². The largest absolute Gasteiger partial charge is 0.485 e. The molecule has 0 aliphatic heterocycles. The second-order valence-electron chi connectivity index (χ2n) is 9.01. The number of ketones is 1. The van der Waals surface area contributed by atoms with Crippen molar-refractivity contribution in [3.8, 4) is 11.5 Å². The average Bonchev–Trinajstić information content (AvgIpc) is 3.03. The first-order valence-corrected chi connectivity index (χ1v) is 13.0. The predicted octanol–water partition coefficient (Wildman–Crippen LogP) is 7.55. The monoisotopic (exact) mass is 524 g/mol. The average molecular weight is 525 g/mol. The van der Waals surface area contributed by atoms with E-state index >= 15 is 0 Å². The molecule has 196 valence electrons. The zero-order valence-electron chi connectivity index (χ0n) is 21.9. The molecule has 0 aromatic heterocycles. The highest BCUT2D eigenvalue weighted by atomic mass is 16.5. The summed E-state index contributed by atoms with van der Waals surface area (Å²) in [4.78, 5) is 13.3. The highest BCUT2D eigenvalue weighted by Gasteiger charge is 2.16. The van der Waals surface area contributed by atoms with E-state index in [-0.39, 0.29) is 11.5 Å². The third-order valence-electron chi connectivity index (χ3n) is 6.10. The Labute approximate surface area is 234 Å². The molecule has 0 radical (unpaired) electrons. The molecule has 0 aliphatic rings. The van der Waals surface area contributed by atoms with E-state index in [9.17, 15) is 4.79 Å². The molecular formula is C35H28N2O3. The summed E-state index contributed by atoms with van der Waals surface area (Å²) in [5.74, 6) is 1.03. The summed E-state index contributed by atoms with van der Waals surface area (Å²) in [6, 6.07) is 44.0. The highest BCUT2D eigenvalue weighted by molar-refractivity contribution is 6.51. The number of benzene rings is 5. The number of hydrogen-bond acceptors (Lipinski definition) is 5. The van der Waals surface area contributed by atoms with Gasteiger partial charge in [0.15, 0.2) is 11.5 Å². The molecule has 0 fully saturated rings. The standard InChI is InChI=1S/C35H28N2O3/c38-35(31-19-11-4-12-20-31)34(30-17-9-3-10-18-30)37-36-24-29-21-22-32(39-25-27-13-5-1-6-14-27)33(23-29)40-26-28-15-7-2-8-16-28/h1-24H,25-26H2/b36-24-,37-34-. The third kappa shape index (κ3) is 7.17. The SMILES string of the molecule is O=C(/C(=N\N=C/c1ccc(OCc2ccccc2)c(OCc2ccccc2)c1)c1ccccc1)c1ccccc1. The number of nitrogens with zero attached hydrogens (tertiary/aromatic N) is 2. The molecule has 0 unspecified atom stereocenters. The van der Waals surface area contributed by atoms with Crippen molar-refractivity contribution in [2.24, 2.45) is 10.2 Å². The lowest BCUT2D eigenvalue weighted by atomic mass is 10.0. The summed E-state index contributed by atoms with van der Waals surface area (Å²) >= 11 is 0. The zero-order valence-corrected chi connectivity index (χ0v) is 21.9. The molecule has 0 saturated carbocycles. The minimum atomic E-state index is -0.194. The Morgan fingerprint density at radius 1 is 0.575 bits per heavy atom. The quantitative estimate of drug-likeness (QED) is 0.102. The van der Waals surface area contributed by atoms with Crippen molar-refractivity contribution in [1.29, 1.82) is 0 Å². The van der Waals surface area contributed by atoms with Crippen LogP contribution in [0.4, 0.5) is 0 Å². The van der Waals surface area contributed by atoms with E-state index in [1.54, 1.807) is 18.3 Å². The van der Waals surface area contributed by atoms with Crippen molar-refractivity contribution < 1.29 is 14.3 Å². The normalized spacial score (nSPS) is 11.3. The lowest BCUT2D eigenvalue weighted by Gasteiger charge is -2.14. The van der Waals surface area contributed by atoms with Gasteiger partial charge in [0, 0.05) is 11.1 Å². The maximum absolute atomic E-state index is 13.3. The van der Waals surface area contributed by atoms with Crippen LogP contribution in [-0.4, -0.2) is 17.7 Å². The van der Waals surface area contributed by atoms with Gasteiger partial charge in [0.05, 0.1) is 6.21 Å². The molecule has 0 saturated heterocycles. The Hall–Kier alpha value is -5.29. The van der Waals surface area contributed by atoms with Gasteiger partial charge in [-0.3, -0.25) is 4.79 Å². The van der Waals surface area contributed by atoms with E-state index in [0.717, 1.165) is 16.7 Å². The number of carbonyl (C=O) groups excluding carboxylic acids is 1. The lowest BCUT2D eigenvalue weighted by Crippen LogP contribution is -2.15. The van der Waals surface area contributed by atoms with Crippen molar-refractivity contribution in [2.75, 3.05) is 0 Å². The van der Waals surface area contributed by atoms with Gasteiger partial charge in [-0.2, -0.15) is 5.10 Å². The summed E-state index contributed by atoms with van der Waals surface area (Å²) < 4.78 is 12.3. The second-order valence-corrected chi connectivity index (χ2v) is 9.01. The maximum Gasteiger partial charge on any atom is 0.213 e. The fraction of sp³-hybridized carbons (Fsp3) is 0.0571. The molecule has 0 amide bonds. The molecule has 5 aromatic rings. The van der Waals surface area contributed by atoms with Crippen LogP contribution < -0.4 is 9.47 Å². The topological polar surface area (TPSA) is 60.2 Å². The van der Waals surface area contributed by atoms with E-state index in [0.29, 0.717) is 35.8 Å². The van der Waals surface area contributed by atoms with Gasteiger partial charge < -0.3 is 9.47 Å². The Morgan fingerprint density at radius 2 is 1.07 bits per heavy atom. The van der Waals surface area contributed by atoms with E-state index in [1.165, 1.54) is 0 Å². The summed E-state index contributed by atoms with van der Waals surface area (Å²) in [5, 5.41) is 8.65. The first kappa shape index (κ1) is 26.3. The summed E-state index contributed by atoms with van der Waals surface area (Å²) in [6.45, 7) is 0.813. The van der Waals surface area contributed by atoms with Crippen LogP contribution in [0.2, 0.25) is 0 Å². The fourth-order valence-corrected chi connectivity index (χ4v) is 4.02. The summed E-state index contributed by atoms with van der Waals surface area (Å²) in [6.07, 6.45) is 1.61. The van der Waals surface area contributed by atoms with Crippen molar-refractivity contribution >= 4 is 17.7 Å². The molecule has 5 nitrogen and oxygen atoms in total. The number of carbonyl (C=O) groups is 1. The van der Waals surface area contributed by atoms with E-state index in [1.807, 2.05) is 127 Å². The Balaban J connectivity index is 1.40. The number of Topliss-reactive ketones (excluding diaryl/α,β-unsaturated/α-hetero) is 1. The highest BCUT2D eigenvalue weighted by Crippen LogP contribution is 2.30. The molecule has 5 rings (SSSR count). The van der Waals surface area contributed by atoms with Gasteiger partial charge in [0.2, 0.25) is 5.78 Å². The van der Waals surface area contributed by atoms with Crippen LogP contribution in [0.3, 0.4) is 0 Å². The lowest BCUT2D eigenvalue weighted by molar-refractivity contribution is 0.106. The molecule has 0 heterocycles. The van der Waals surface area contributed by atoms with Crippen LogP contribution in [0.15, 0.2) is 150 Å². The van der Waals surface area contributed by atoms with E-state index < -0.39 is 0 Å². The van der Waals surface area contributed by atoms with Crippen molar-refractivity contribution in [2.45, 2.75) is 13.2 Å². The Morgan fingerprint density at radius 3 is 1.65 bits per heavy atom. The molecule has 0 N–H and O–H groups in total. The van der Waals surface area contributed by atoms with Gasteiger partial charge in [-0.25, -0.2) is 0 Å². The zero-order chi connectivity index (χ0) is 27.4. The summed E-state index contributed by atoms with van der Waals surface area (Å²) in [7, 11) is 0. The van der Waals surface area contributed by atoms with Crippen LogP contribution in [0, 0.1) is 0 Å². The number of hydrogen-bond donors (Lipinski definition) is 0. The molecule has 0 spiro atoms. The van der Waals surface area contributed by atoms with Gasteiger partial charge in [-0.15, -0.1) is 5.10 Å². The van der Waals surface area contributed by atoms with Crippen LogP contribution in [0.5, 0.6) is 11.5 Å². The first-order chi connectivity index (χ1) is 19.8. The molecule has 0 aliphatic carbocycles. The Kier molecular flexibility index (Phi) is 8.88. The summed E-state index contributed by atoms with van der Waals surface area (Å²) in [5.41, 5.74) is 4.40. The van der Waals surface area contributed by atoms with Crippen LogP contribution >= 0.6 is 0 Å². The van der Waals surface area contributed by atoms with Crippen LogP contribution in [0.25, 0.3) is 0 Å². The smallest absolute Gasteiger partial charge is 0.213 e. The minimum Gasteiger partial charge on any atom is -0.485 e. The maximum atomic E-state index is 13.3. The molecule has 0 bridgehead atoms. The minimum absolute atomic E-state index is 0.194. The van der Waals surface area contributed by atoms with Gasteiger partial charge in [0.1, 0.15) is 18.9 Å². The Bertz CT molecular complexity index is 1580. The second kappa shape index (κ2) is 13.5. The van der Waals surface area contributed by atoms with Crippen LogP contribution in [-0.2, 0) is 13.2 Å². The molecule has 5 heteroatoms. The van der Waals surface area contributed by atoms with Crippen molar-refractivity contribution in [1.82, 2.24) is 0 Å². The van der Waals surface area contributed by atoms with Gasteiger partial charge in [0.25, 0.3) is 0 Å². The molecule has 40 heavy (non-hydrogen) atoms. The molecular weight excluding hydrogens is 496 g/mol. The fourth-order valence-electron chi connectivity index (χ4n) is 4.02. The third-order valence-corrected chi connectivity index (χ3v) is 6.10. The molecule has 5 aromatic carbocycles. The van der Waals surface area contributed by atoms with Gasteiger partial charge >= 0.3 is 0 Å². The van der Waals surface area contributed by atoms with Crippen LogP contribution in [0.1, 0.15) is 32.6 Å².